The van der Waals surface area contributed by atoms with E-state index in [-0.39, 0.29) is 0 Å². The van der Waals surface area contributed by atoms with Crippen molar-refractivity contribution in [2.45, 2.75) is 18.8 Å². The van der Waals surface area contributed by atoms with E-state index in [1.54, 1.807) is 18.6 Å². The second-order valence-corrected chi connectivity index (χ2v) is 7.75. The lowest BCUT2D eigenvalue weighted by Crippen LogP contribution is -2.19. The van der Waals surface area contributed by atoms with Gasteiger partial charge in [-0.15, -0.1) is 5.10 Å². The number of nitrogens with one attached hydrogen (secondary N) is 2. The van der Waals surface area contributed by atoms with Crippen molar-refractivity contribution in [2.75, 3.05) is 29.9 Å². The third kappa shape index (κ3) is 4.48. The van der Waals surface area contributed by atoms with Crippen molar-refractivity contribution in [3.63, 3.8) is 0 Å². The summed E-state index contributed by atoms with van der Waals surface area (Å²) in [6.07, 6.45) is 6.92. The molecule has 5 rings (SSSR count). The van der Waals surface area contributed by atoms with E-state index in [2.05, 4.69) is 45.8 Å². The average Bonchev–Trinajstić information content (AvgIpc) is 3.56. The van der Waals surface area contributed by atoms with Crippen molar-refractivity contribution in [3.05, 3.63) is 59.1 Å². The van der Waals surface area contributed by atoms with Crippen LogP contribution in [0.3, 0.4) is 0 Å². The molecule has 0 bridgehead atoms. The maximum Gasteiger partial charge on any atom is 0.318 e. The molecule has 1 aliphatic heterocycles. The number of aromatic nitrogens is 7. The molecule has 0 spiro atoms. The minimum Gasteiger partial charge on any atom is -0.403 e. The van der Waals surface area contributed by atoms with Gasteiger partial charge in [0.1, 0.15) is 0 Å². The Kier molecular flexibility index (Phi) is 5.44. The van der Waals surface area contributed by atoms with Crippen LogP contribution < -0.4 is 10.2 Å². The molecule has 4 aromatic rings. The number of H-pyrrole nitrogens is 1. The third-order valence-corrected chi connectivity index (χ3v) is 5.49. The summed E-state index contributed by atoms with van der Waals surface area (Å²) in [4.78, 5) is 10.8. The van der Waals surface area contributed by atoms with Crippen LogP contribution >= 0.6 is 11.6 Å². The lowest BCUT2D eigenvalue weighted by atomic mass is 10.1. The van der Waals surface area contributed by atoms with Crippen LogP contribution in [0.15, 0.2) is 47.3 Å². The van der Waals surface area contributed by atoms with Gasteiger partial charge >= 0.3 is 6.01 Å². The van der Waals surface area contributed by atoms with Crippen molar-refractivity contribution < 1.29 is 4.42 Å². The molecule has 1 saturated heterocycles. The fourth-order valence-corrected chi connectivity index (χ4v) is 3.67. The first-order valence-electron chi connectivity index (χ1n) is 9.99. The molecule has 10 nitrogen and oxygen atoms in total. The summed E-state index contributed by atoms with van der Waals surface area (Å²) in [6.45, 7) is 2.31. The molecule has 3 aromatic heterocycles. The summed E-state index contributed by atoms with van der Waals surface area (Å²) in [7, 11) is 0. The van der Waals surface area contributed by atoms with Crippen molar-refractivity contribution in [2.24, 2.45) is 0 Å². The fourth-order valence-electron chi connectivity index (χ4n) is 3.54. The average molecular weight is 438 g/mol. The maximum absolute atomic E-state index is 5.91. The molecule has 1 unspecified atom stereocenters. The largest absolute Gasteiger partial charge is 0.403 e. The van der Waals surface area contributed by atoms with Crippen molar-refractivity contribution in [3.8, 4) is 11.5 Å². The van der Waals surface area contributed by atoms with E-state index in [1.165, 1.54) is 5.56 Å². The predicted octanol–water partition coefficient (Wildman–Crippen LogP) is 2.95. The number of anilines is 2. The Hall–Kier alpha value is -3.53. The molecule has 1 atom stereocenters. The second kappa shape index (κ2) is 8.68. The summed E-state index contributed by atoms with van der Waals surface area (Å²) in [6, 6.07) is 8.28. The molecule has 0 radical (unpaired) electrons. The van der Waals surface area contributed by atoms with Crippen molar-refractivity contribution in [1.82, 2.24) is 35.6 Å². The topological polar surface area (TPSA) is 122 Å². The van der Waals surface area contributed by atoms with Crippen LogP contribution in [0.2, 0.25) is 5.02 Å². The highest BCUT2D eigenvalue weighted by atomic mass is 35.5. The second-order valence-electron chi connectivity index (χ2n) is 7.31. The Balaban J connectivity index is 1.17. The van der Waals surface area contributed by atoms with E-state index in [1.807, 2.05) is 24.3 Å². The fraction of sp³-hybridized carbons (Fsp3) is 0.300. The Morgan fingerprint density at radius 2 is 1.97 bits per heavy atom. The quantitative estimate of drug-likeness (QED) is 0.449. The molecule has 1 aliphatic rings. The predicted molar refractivity (Wildman–Crippen MR) is 115 cm³/mol. The molecule has 4 heterocycles. The summed E-state index contributed by atoms with van der Waals surface area (Å²) in [5.74, 6) is 1.25. The third-order valence-electron chi connectivity index (χ3n) is 5.23. The maximum atomic E-state index is 5.91. The lowest BCUT2D eigenvalue weighted by Gasteiger charge is -2.11. The standard InChI is InChI=1S/C20H20ClN9O/c21-16-3-1-13(2-4-16)5-7-22-19-23-9-15(10-24-19)18-27-28-20(31-18)30-8-6-14(12-30)17-11-25-29-26-17/h1-4,9-11,14H,5-8,12H2,(H,22,23,24)(H,25,26,29). The highest BCUT2D eigenvalue weighted by molar-refractivity contribution is 6.30. The van der Waals surface area contributed by atoms with E-state index in [0.29, 0.717) is 35.9 Å². The molecule has 31 heavy (non-hydrogen) atoms. The molecule has 1 aromatic carbocycles. The molecule has 0 amide bonds. The number of benzene rings is 1. The van der Waals surface area contributed by atoms with E-state index < -0.39 is 0 Å². The number of aromatic amines is 1. The summed E-state index contributed by atoms with van der Waals surface area (Å²) < 4.78 is 5.86. The van der Waals surface area contributed by atoms with Crippen LogP contribution in [-0.2, 0) is 6.42 Å². The molecule has 0 aliphatic carbocycles. The minimum atomic E-state index is 0.302. The smallest absolute Gasteiger partial charge is 0.318 e. The van der Waals surface area contributed by atoms with Crippen molar-refractivity contribution >= 4 is 23.6 Å². The van der Waals surface area contributed by atoms with Gasteiger partial charge in [-0.3, -0.25) is 0 Å². The molecule has 0 saturated carbocycles. The van der Waals surface area contributed by atoms with Gasteiger partial charge in [0.25, 0.3) is 5.89 Å². The molecule has 2 N–H and O–H groups in total. The zero-order valence-corrected chi connectivity index (χ0v) is 17.3. The van der Waals surface area contributed by atoms with Gasteiger partial charge in [-0.1, -0.05) is 28.8 Å². The van der Waals surface area contributed by atoms with Crippen LogP contribution in [0.4, 0.5) is 12.0 Å². The van der Waals surface area contributed by atoms with Crippen LogP contribution in [0.25, 0.3) is 11.5 Å². The van der Waals surface area contributed by atoms with Gasteiger partial charge in [0.2, 0.25) is 5.95 Å². The monoisotopic (exact) mass is 437 g/mol. The first-order valence-corrected chi connectivity index (χ1v) is 10.4. The summed E-state index contributed by atoms with van der Waals surface area (Å²) in [5.41, 5.74) is 2.82. The van der Waals surface area contributed by atoms with Gasteiger partial charge in [-0.05, 0) is 30.5 Å². The normalized spacial score (nSPS) is 16.0. The minimum absolute atomic E-state index is 0.302. The highest BCUT2D eigenvalue weighted by Crippen LogP contribution is 2.30. The van der Waals surface area contributed by atoms with E-state index in [0.717, 1.165) is 36.6 Å². The zero-order valence-electron chi connectivity index (χ0n) is 16.6. The molecular weight excluding hydrogens is 418 g/mol. The zero-order chi connectivity index (χ0) is 21.0. The van der Waals surface area contributed by atoms with Gasteiger partial charge in [-0.2, -0.15) is 15.4 Å². The van der Waals surface area contributed by atoms with E-state index in [4.69, 9.17) is 16.0 Å². The van der Waals surface area contributed by atoms with Crippen LogP contribution in [0, 0.1) is 0 Å². The van der Waals surface area contributed by atoms with Crippen LogP contribution in [-0.4, -0.2) is 55.2 Å². The molecular formula is C20H20ClN9O. The van der Waals surface area contributed by atoms with Gasteiger partial charge in [0.05, 0.1) is 17.5 Å². The first-order chi connectivity index (χ1) is 15.2. The van der Waals surface area contributed by atoms with Crippen LogP contribution in [0.5, 0.6) is 0 Å². The van der Waals surface area contributed by atoms with Gasteiger partial charge in [-0.25, -0.2) is 9.97 Å². The van der Waals surface area contributed by atoms with Crippen molar-refractivity contribution in [1.29, 1.82) is 0 Å². The number of rotatable bonds is 7. The summed E-state index contributed by atoms with van der Waals surface area (Å²) >= 11 is 5.91. The van der Waals surface area contributed by atoms with E-state index >= 15 is 0 Å². The number of nitrogens with zero attached hydrogens (tertiary/aromatic N) is 7. The molecule has 1 fully saturated rings. The van der Waals surface area contributed by atoms with Gasteiger partial charge in [0.15, 0.2) is 0 Å². The van der Waals surface area contributed by atoms with Crippen LogP contribution in [0.1, 0.15) is 23.6 Å². The molecule has 11 heteroatoms. The lowest BCUT2D eigenvalue weighted by molar-refractivity contribution is 0.555. The van der Waals surface area contributed by atoms with Gasteiger partial charge in [0, 0.05) is 43.0 Å². The Morgan fingerprint density at radius 3 is 2.74 bits per heavy atom. The Labute approximate surface area is 183 Å². The molecule has 158 valence electrons. The number of halogens is 1. The Bertz CT molecular complexity index is 1110. The highest BCUT2D eigenvalue weighted by Gasteiger charge is 2.29. The Morgan fingerprint density at radius 1 is 1.13 bits per heavy atom. The van der Waals surface area contributed by atoms with E-state index in [9.17, 15) is 0 Å². The first kappa shape index (κ1) is 19.4. The SMILES string of the molecule is Clc1ccc(CCNc2ncc(-c3nnc(N4CCC(c5cn[nH]n5)C4)o3)cn2)cc1. The summed E-state index contributed by atoms with van der Waals surface area (Å²) in [5, 5.41) is 23.0. The number of hydrogen-bond acceptors (Lipinski definition) is 9. The van der Waals surface area contributed by atoms with Gasteiger partial charge < -0.3 is 14.6 Å². The number of hydrogen-bond donors (Lipinski definition) is 2.